The van der Waals surface area contributed by atoms with E-state index in [1.54, 1.807) is 24.7 Å². The molecule has 1 aliphatic carbocycles. The SMILES string of the molecule is Cc1nc2cnc(Nc3ccnc(/C(=C/NCC4CC4)C(=N)N)n3)cc2n1C(C)C. The molecule has 5 N–H and O–H groups in total. The summed E-state index contributed by atoms with van der Waals surface area (Å²) < 4.78 is 2.18. The number of aryl methyl sites for hydroxylation is 1. The Kier molecular flexibility index (Phi) is 5.35. The monoisotopic (exact) mass is 405 g/mol. The molecule has 3 aromatic rings. The van der Waals surface area contributed by atoms with Gasteiger partial charge in [-0.15, -0.1) is 0 Å². The average molecular weight is 406 g/mol. The van der Waals surface area contributed by atoms with Gasteiger partial charge in [-0.1, -0.05) is 0 Å². The van der Waals surface area contributed by atoms with E-state index in [-0.39, 0.29) is 5.84 Å². The van der Waals surface area contributed by atoms with Crippen LogP contribution in [0.25, 0.3) is 16.6 Å². The number of rotatable bonds is 8. The molecule has 1 aliphatic rings. The second-order valence-corrected chi connectivity index (χ2v) is 7.89. The Bertz CT molecular complexity index is 1110. The molecule has 9 heteroatoms. The van der Waals surface area contributed by atoms with Gasteiger partial charge in [0.05, 0.1) is 17.3 Å². The van der Waals surface area contributed by atoms with Crippen molar-refractivity contribution in [1.82, 2.24) is 29.8 Å². The van der Waals surface area contributed by atoms with Gasteiger partial charge in [-0.25, -0.2) is 19.9 Å². The Morgan fingerprint density at radius 3 is 2.80 bits per heavy atom. The van der Waals surface area contributed by atoms with Gasteiger partial charge in [-0.2, -0.15) is 0 Å². The van der Waals surface area contributed by atoms with E-state index in [0.29, 0.717) is 35.0 Å². The van der Waals surface area contributed by atoms with E-state index < -0.39 is 0 Å². The highest BCUT2D eigenvalue weighted by Gasteiger charge is 2.20. The predicted octanol–water partition coefficient (Wildman–Crippen LogP) is 3.13. The van der Waals surface area contributed by atoms with Gasteiger partial charge in [-0.3, -0.25) is 5.41 Å². The molecule has 1 fully saturated rings. The van der Waals surface area contributed by atoms with Crippen LogP contribution < -0.4 is 16.4 Å². The van der Waals surface area contributed by atoms with Crippen molar-refractivity contribution in [3.8, 4) is 0 Å². The van der Waals surface area contributed by atoms with E-state index >= 15 is 0 Å². The highest BCUT2D eigenvalue weighted by molar-refractivity contribution is 6.19. The van der Waals surface area contributed by atoms with Crippen LogP contribution in [0.3, 0.4) is 0 Å². The summed E-state index contributed by atoms with van der Waals surface area (Å²) in [4.78, 5) is 17.9. The first-order valence-corrected chi connectivity index (χ1v) is 10.2. The summed E-state index contributed by atoms with van der Waals surface area (Å²) in [6.07, 6.45) is 7.63. The highest BCUT2D eigenvalue weighted by Crippen LogP contribution is 2.27. The number of imidazole rings is 1. The molecular formula is C21H27N9. The molecule has 0 radical (unpaired) electrons. The quantitative estimate of drug-likeness (QED) is 0.334. The summed E-state index contributed by atoms with van der Waals surface area (Å²) >= 11 is 0. The van der Waals surface area contributed by atoms with Gasteiger partial charge in [0, 0.05) is 31.0 Å². The molecule has 0 aromatic carbocycles. The lowest BCUT2D eigenvalue weighted by Crippen LogP contribution is -2.18. The van der Waals surface area contributed by atoms with Crippen LogP contribution in [0.2, 0.25) is 0 Å². The number of nitrogens with two attached hydrogens (primary N) is 1. The van der Waals surface area contributed by atoms with Crippen LogP contribution in [0.1, 0.15) is 44.4 Å². The minimum atomic E-state index is -0.0775. The Hall–Kier alpha value is -3.49. The summed E-state index contributed by atoms with van der Waals surface area (Å²) in [7, 11) is 0. The number of aromatic nitrogens is 5. The van der Waals surface area contributed by atoms with Crippen molar-refractivity contribution < 1.29 is 0 Å². The van der Waals surface area contributed by atoms with Crippen molar-refractivity contribution in [2.24, 2.45) is 11.7 Å². The van der Waals surface area contributed by atoms with Crippen LogP contribution in [-0.2, 0) is 0 Å². The van der Waals surface area contributed by atoms with Crippen LogP contribution in [-0.4, -0.2) is 36.9 Å². The zero-order valence-corrected chi connectivity index (χ0v) is 17.5. The fraction of sp³-hybridized carbons (Fsp3) is 0.381. The van der Waals surface area contributed by atoms with Gasteiger partial charge in [0.15, 0.2) is 5.82 Å². The fourth-order valence-electron chi connectivity index (χ4n) is 3.44. The molecule has 0 spiro atoms. The Morgan fingerprint density at radius 2 is 2.10 bits per heavy atom. The van der Waals surface area contributed by atoms with E-state index in [1.807, 2.05) is 13.0 Å². The standard InChI is InChI=1S/C21H27N9/c1-12(2)30-13(3)27-16-11-26-19(8-17(16)30)28-18-6-7-25-21(29-18)15(20(22)23)10-24-9-14-4-5-14/h6-8,10-12,14,24H,4-5,9H2,1-3H3,(H3,22,23)(H,25,26,28,29)/b15-10+. The van der Waals surface area contributed by atoms with Crippen LogP contribution in [0.5, 0.6) is 0 Å². The molecule has 3 heterocycles. The van der Waals surface area contributed by atoms with Gasteiger partial charge in [0.1, 0.15) is 28.8 Å². The first-order chi connectivity index (χ1) is 14.4. The molecule has 30 heavy (non-hydrogen) atoms. The molecule has 0 aliphatic heterocycles. The Morgan fingerprint density at radius 1 is 1.30 bits per heavy atom. The van der Waals surface area contributed by atoms with Gasteiger partial charge < -0.3 is 20.9 Å². The van der Waals surface area contributed by atoms with Crippen molar-refractivity contribution in [1.29, 1.82) is 5.41 Å². The third-order valence-corrected chi connectivity index (χ3v) is 5.06. The van der Waals surface area contributed by atoms with Gasteiger partial charge in [0.25, 0.3) is 0 Å². The fourth-order valence-corrected chi connectivity index (χ4v) is 3.44. The number of pyridine rings is 1. The first kappa shape index (κ1) is 19.8. The largest absolute Gasteiger partial charge is 0.390 e. The van der Waals surface area contributed by atoms with E-state index in [4.69, 9.17) is 11.1 Å². The summed E-state index contributed by atoms with van der Waals surface area (Å²) in [5.74, 6) is 3.22. The number of hydrogen-bond acceptors (Lipinski definition) is 7. The molecular weight excluding hydrogens is 378 g/mol. The maximum atomic E-state index is 7.89. The van der Waals surface area contributed by atoms with Gasteiger partial charge in [0.2, 0.25) is 0 Å². The van der Waals surface area contributed by atoms with Crippen molar-refractivity contribution in [3.05, 3.63) is 42.4 Å². The third kappa shape index (κ3) is 4.24. The number of nitrogens with zero attached hydrogens (tertiary/aromatic N) is 5. The molecule has 3 aromatic heterocycles. The second kappa shape index (κ2) is 8.10. The molecule has 0 saturated heterocycles. The number of anilines is 2. The smallest absolute Gasteiger partial charge is 0.166 e. The molecule has 0 amide bonds. The molecule has 0 bridgehead atoms. The molecule has 0 atom stereocenters. The topological polar surface area (TPSA) is 130 Å². The lowest BCUT2D eigenvalue weighted by atomic mass is 10.2. The number of amidine groups is 1. The van der Waals surface area contributed by atoms with Crippen LogP contribution in [0.15, 0.2) is 30.7 Å². The van der Waals surface area contributed by atoms with Crippen LogP contribution >= 0.6 is 0 Å². The lowest BCUT2D eigenvalue weighted by molar-refractivity contribution is 0.600. The zero-order chi connectivity index (χ0) is 21.3. The third-order valence-electron chi connectivity index (χ3n) is 5.06. The number of fused-ring (bicyclic) bond motifs is 1. The predicted molar refractivity (Wildman–Crippen MR) is 119 cm³/mol. The molecule has 4 rings (SSSR count). The minimum absolute atomic E-state index is 0.0775. The van der Waals surface area contributed by atoms with Crippen LogP contribution in [0.4, 0.5) is 11.6 Å². The summed E-state index contributed by atoms with van der Waals surface area (Å²) in [5.41, 5.74) is 8.11. The lowest BCUT2D eigenvalue weighted by Gasteiger charge is -2.12. The number of hydrogen-bond donors (Lipinski definition) is 4. The maximum Gasteiger partial charge on any atom is 0.166 e. The van der Waals surface area contributed by atoms with E-state index in [0.717, 1.165) is 23.4 Å². The maximum absolute atomic E-state index is 7.89. The summed E-state index contributed by atoms with van der Waals surface area (Å²) in [6, 6.07) is 4.02. The van der Waals surface area contributed by atoms with E-state index in [9.17, 15) is 0 Å². The highest BCUT2D eigenvalue weighted by atomic mass is 15.1. The summed E-state index contributed by atoms with van der Waals surface area (Å²) in [6.45, 7) is 7.13. The number of nitrogens with one attached hydrogen (secondary N) is 3. The molecule has 1 saturated carbocycles. The van der Waals surface area contributed by atoms with Crippen molar-refractivity contribution in [3.63, 3.8) is 0 Å². The minimum Gasteiger partial charge on any atom is -0.390 e. The average Bonchev–Trinajstić information content (AvgIpc) is 3.45. The van der Waals surface area contributed by atoms with E-state index in [2.05, 4.69) is 49.0 Å². The normalized spacial score (nSPS) is 14.3. The van der Waals surface area contributed by atoms with Crippen molar-refractivity contribution in [2.75, 3.05) is 11.9 Å². The second-order valence-electron chi connectivity index (χ2n) is 7.89. The molecule has 9 nitrogen and oxygen atoms in total. The van der Waals surface area contributed by atoms with E-state index in [1.165, 1.54) is 12.8 Å². The van der Waals surface area contributed by atoms with Crippen molar-refractivity contribution in [2.45, 2.75) is 39.7 Å². The zero-order valence-electron chi connectivity index (χ0n) is 17.5. The van der Waals surface area contributed by atoms with Gasteiger partial charge >= 0.3 is 0 Å². The van der Waals surface area contributed by atoms with Gasteiger partial charge in [-0.05, 0) is 45.6 Å². The Balaban J connectivity index is 1.59. The first-order valence-electron chi connectivity index (χ1n) is 10.2. The summed E-state index contributed by atoms with van der Waals surface area (Å²) in [5, 5.41) is 14.3. The van der Waals surface area contributed by atoms with Crippen LogP contribution in [0, 0.1) is 18.3 Å². The Labute approximate surface area is 175 Å². The molecule has 156 valence electrons. The van der Waals surface area contributed by atoms with Crippen molar-refractivity contribution >= 4 is 34.1 Å². The molecule has 0 unspecified atom stereocenters.